The number of amides is 1. The Hall–Kier alpha value is -2.57. The van der Waals surface area contributed by atoms with E-state index in [0.717, 1.165) is 23.4 Å². The van der Waals surface area contributed by atoms with Gasteiger partial charge in [0.2, 0.25) is 5.91 Å². The second-order valence-corrected chi connectivity index (χ2v) is 5.28. The van der Waals surface area contributed by atoms with Crippen molar-refractivity contribution in [1.82, 2.24) is 9.78 Å². The van der Waals surface area contributed by atoms with Gasteiger partial charge in [0.25, 0.3) is 0 Å². The highest BCUT2D eigenvalue weighted by molar-refractivity contribution is 6.00. The number of nitrogens with one attached hydrogen (secondary N) is 1. The summed E-state index contributed by atoms with van der Waals surface area (Å²) in [6.45, 7) is 3.66. The number of aromatic nitrogens is 2. The maximum absolute atomic E-state index is 13.5. The number of aryl methyl sites for hydroxylation is 2. The van der Waals surface area contributed by atoms with Crippen LogP contribution in [-0.2, 0) is 11.8 Å². The highest BCUT2D eigenvalue weighted by atomic mass is 19.1. The average Bonchev–Trinajstić information content (AvgIpc) is 2.71. The molecular formula is C16H17F2N3O2. The van der Waals surface area contributed by atoms with Gasteiger partial charge < -0.3 is 5.32 Å². The number of carbonyl (C=O) groups is 2. The zero-order valence-electron chi connectivity index (χ0n) is 13.1. The van der Waals surface area contributed by atoms with Gasteiger partial charge in [-0.05, 0) is 26.0 Å². The topological polar surface area (TPSA) is 64.0 Å². The van der Waals surface area contributed by atoms with E-state index < -0.39 is 17.4 Å². The fourth-order valence-electron chi connectivity index (χ4n) is 2.21. The molecule has 122 valence electrons. The van der Waals surface area contributed by atoms with Crippen LogP contribution < -0.4 is 5.32 Å². The Labute approximate surface area is 132 Å². The van der Waals surface area contributed by atoms with E-state index in [-0.39, 0.29) is 24.3 Å². The molecule has 1 N–H and O–H groups in total. The van der Waals surface area contributed by atoms with Crippen molar-refractivity contribution in [1.29, 1.82) is 0 Å². The Morgan fingerprint density at radius 2 is 1.91 bits per heavy atom. The van der Waals surface area contributed by atoms with Gasteiger partial charge in [0.05, 0.1) is 11.3 Å². The molecule has 0 saturated heterocycles. The van der Waals surface area contributed by atoms with E-state index in [2.05, 4.69) is 10.4 Å². The monoisotopic (exact) mass is 321 g/mol. The lowest BCUT2D eigenvalue weighted by molar-refractivity contribution is -0.116. The molecule has 0 spiro atoms. The first kappa shape index (κ1) is 16.8. The summed E-state index contributed by atoms with van der Waals surface area (Å²) in [4.78, 5) is 23.9. The van der Waals surface area contributed by atoms with Crippen LogP contribution >= 0.6 is 0 Å². The first-order chi connectivity index (χ1) is 10.8. The van der Waals surface area contributed by atoms with E-state index >= 15 is 0 Å². The summed E-state index contributed by atoms with van der Waals surface area (Å²) in [6.07, 6.45) is -0.260. The molecule has 1 aromatic carbocycles. The third kappa shape index (κ3) is 3.80. The summed E-state index contributed by atoms with van der Waals surface area (Å²) in [7, 11) is 1.70. The minimum absolute atomic E-state index is 0.0979. The van der Waals surface area contributed by atoms with E-state index in [0.29, 0.717) is 11.9 Å². The summed E-state index contributed by atoms with van der Waals surface area (Å²) in [5.41, 5.74) is 1.43. The van der Waals surface area contributed by atoms with Gasteiger partial charge in [0.1, 0.15) is 17.5 Å². The number of Topliss-reactive ketones (excluding diaryl/α,β-unsaturated/α-hetero) is 1. The lowest BCUT2D eigenvalue weighted by Gasteiger charge is -2.07. The molecule has 0 atom stereocenters. The molecule has 1 aromatic heterocycles. The van der Waals surface area contributed by atoms with Gasteiger partial charge >= 0.3 is 0 Å². The predicted molar refractivity (Wildman–Crippen MR) is 81.2 cm³/mol. The molecule has 0 unspecified atom stereocenters. The number of carbonyl (C=O) groups excluding carboxylic acids is 2. The van der Waals surface area contributed by atoms with Crippen LogP contribution in [-0.4, -0.2) is 21.5 Å². The molecule has 5 nitrogen and oxygen atoms in total. The Balaban J connectivity index is 1.97. The Morgan fingerprint density at radius 1 is 1.22 bits per heavy atom. The van der Waals surface area contributed by atoms with Crippen LogP contribution in [0.2, 0.25) is 0 Å². The molecule has 0 radical (unpaired) electrons. The van der Waals surface area contributed by atoms with Crippen molar-refractivity contribution in [3.8, 4) is 0 Å². The van der Waals surface area contributed by atoms with Crippen LogP contribution in [0.5, 0.6) is 0 Å². The van der Waals surface area contributed by atoms with Gasteiger partial charge in [0.15, 0.2) is 5.78 Å². The van der Waals surface area contributed by atoms with E-state index in [9.17, 15) is 18.4 Å². The van der Waals surface area contributed by atoms with Crippen LogP contribution in [0.1, 0.15) is 34.5 Å². The van der Waals surface area contributed by atoms with E-state index in [1.807, 2.05) is 13.8 Å². The molecule has 23 heavy (non-hydrogen) atoms. The van der Waals surface area contributed by atoms with Gasteiger partial charge in [-0.15, -0.1) is 0 Å². The summed E-state index contributed by atoms with van der Waals surface area (Å²) >= 11 is 0. The predicted octanol–water partition coefficient (Wildman–Crippen LogP) is 2.92. The lowest BCUT2D eigenvalue weighted by atomic mass is 10.1. The Bertz CT molecular complexity index is 769. The van der Waals surface area contributed by atoms with Crippen LogP contribution in [0, 0.1) is 25.5 Å². The standard InChI is InChI=1S/C16H17F2N3O2/c1-9-10(2)20-21(3)16(9)19-15(23)7-6-14(22)12-5-4-11(17)8-13(12)18/h4-5,8H,6-7H2,1-3H3,(H,19,23). The molecule has 0 aliphatic carbocycles. The van der Waals surface area contributed by atoms with Crippen molar-refractivity contribution in [3.63, 3.8) is 0 Å². The molecule has 1 heterocycles. The maximum Gasteiger partial charge on any atom is 0.225 e. The van der Waals surface area contributed by atoms with Crippen molar-refractivity contribution in [2.75, 3.05) is 5.32 Å². The van der Waals surface area contributed by atoms with E-state index in [1.165, 1.54) is 0 Å². The molecule has 0 aliphatic rings. The summed E-state index contributed by atoms with van der Waals surface area (Å²) in [5, 5.41) is 6.86. The van der Waals surface area contributed by atoms with Crippen molar-refractivity contribution in [2.24, 2.45) is 7.05 Å². The molecule has 0 aliphatic heterocycles. The Morgan fingerprint density at radius 3 is 2.48 bits per heavy atom. The van der Waals surface area contributed by atoms with Crippen molar-refractivity contribution in [3.05, 3.63) is 46.7 Å². The number of halogens is 2. The molecule has 0 saturated carbocycles. The molecule has 0 bridgehead atoms. The van der Waals surface area contributed by atoms with Gasteiger partial charge in [-0.2, -0.15) is 5.10 Å². The van der Waals surface area contributed by atoms with Gasteiger partial charge in [-0.3, -0.25) is 14.3 Å². The number of hydrogen-bond acceptors (Lipinski definition) is 3. The third-order valence-electron chi connectivity index (χ3n) is 3.59. The minimum atomic E-state index is -0.923. The molecule has 2 rings (SSSR count). The van der Waals surface area contributed by atoms with Gasteiger partial charge in [-0.1, -0.05) is 0 Å². The number of hydrogen-bond donors (Lipinski definition) is 1. The smallest absolute Gasteiger partial charge is 0.225 e. The van der Waals surface area contributed by atoms with Gasteiger partial charge in [-0.25, -0.2) is 8.78 Å². The highest BCUT2D eigenvalue weighted by Gasteiger charge is 2.16. The van der Waals surface area contributed by atoms with Crippen molar-refractivity contribution in [2.45, 2.75) is 26.7 Å². The first-order valence-electron chi connectivity index (χ1n) is 7.08. The van der Waals surface area contributed by atoms with E-state index in [4.69, 9.17) is 0 Å². The fourth-order valence-corrected chi connectivity index (χ4v) is 2.21. The average molecular weight is 321 g/mol. The van der Waals surface area contributed by atoms with Crippen molar-refractivity contribution >= 4 is 17.5 Å². The minimum Gasteiger partial charge on any atom is -0.311 e. The van der Waals surface area contributed by atoms with E-state index in [1.54, 1.807) is 11.7 Å². The largest absolute Gasteiger partial charge is 0.311 e. The Kier molecular flexibility index (Phi) is 4.88. The van der Waals surface area contributed by atoms with Crippen molar-refractivity contribution < 1.29 is 18.4 Å². The highest BCUT2D eigenvalue weighted by Crippen LogP contribution is 2.18. The maximum atomic E-state index is 13.5. The quantitative estimate of drug-likeness (QED) is 0.861. The lowest BCUT2D eigenvalue weighted by Crippen LogP contribution is -2.16. The molecular weight excluding hydrogens is 304 g/mol. The fraction of sp³-hybridized carbons (Fsp3) is 0.312. The van der Waals surface area contributed by atoms with Crippen LogP contribution in [0.4, 0.5) is 14.6 Å². The summed E-state index contributed by atoms with van der Waals surface area (Å²) < 4.78 is 27.9. The van der Waals surface area contributed by atoms with Crippen LogP contribution in [0.25, 0.3) is 0 Å². The number of nitrogens with zero attached hydrogens (tertiary/aromatic N) is 2. The molecule has 7 heteroatoms. The zero-order chi connectivity index (χ0) is 17.1. The number of ketones is 1. The normalized spacial score (nSPS) is 10.7. The second-order valence-electron chi connectivity index (χ2n) is 5.28. The zero-order valence-corrected chi connectivity index (χ0v) is 13.1. The molecule has 1 amide bonds. The first-order valence-corrected chi connectivity index (χ1v) is 7.08. The number of rotatable bonds is 5. The van der Waals surface area contributed by atoms with Gasteiger partial charge in [0, 0.05) is 31.5 Å². The van der Waals surface area contributed by atoms with Crippen LogP contribution in [0.3, 0.4) is 0 Å². The second kappa shape index (κ2) is 6.68. The molecule has 2 aromatic rings. The summed E-state index contributed by atoms with van der Waals surface area (Å²) in [5.74, 6) is -2.03. The number of benzene rings is 1. The summed E-state index contributed by atoms with van der Waals surface area (Å²) in [6, 6.07) is 2.74. The number of anilines is 1. The molecule has 0 fully saturated rings. The third-order valence-corrected chi connectivity index (χ3v) is 3.59. The SMILES string of the molecule is Cc1nn(C)c(NC(=O)CCC(=O)c2ccc(F)cc2F)c1C. The van der Waals surface area contributed by atoms with Crippen LogP contribution in [0.15, 0.2) is 18.2 Å².